The first kappa shape index (κ1) is 13.0. The molecule has 0 aromatic heterocycles. The highest BCUT2D eigenvalue weighted by Gasteiger charge is 2.75. The summed E-state index contributed by atoms with van der Waals surface area (Å²) in [6, 6.07) is 10.0. The first-order chi connectivity index (χ1) is 11.2. The first-order valence-corrected chi connectivity index (χ1v) is 9.03. The van der Waals surface area contributed by atoms with E-state index in [0.29, 0.717) is 24.1 Å². The molecule has 1 N–H and O–H groups in total. The van der Waals surface area contributed by atoms with E-state index in [1.165, 1.54) is 24.1 Å². The zero-order valence-corrected chi connectivity index (χ0v) is 13.7. The summed E-state index contributed by atoms with van der Waals surface area (Å²) in [6.45, 7) is 6.47. The van der Waals surface area contributed by atoms with Gasteiger partial charge in [0.1, 0.15) is 0 Å². The molecule has 1 aromatic rings. The Bertz CT molecular complexity index is 717. The lowest BCUT2D eigenvalue weighted by Gasteiger charge is -2.73. The third-order valence-corrected chi connectivity index (χ3v) is 8.09. The predicted octanol–water partition coefficient (Wildman–Crippen LogP) is 2.64. The van der Waals surface area contributed by atoms with E-state index in [-0.39, 0.29) is 10.8 Å². The number of fused-ring (bicyclic) bond motifs is 4. The number of nitrogens with zero attached hydrogens (tertiary/aromatic N) is 1. The van der Waals surface area contributed by atoms with E-state index in [1.54, 1.807) is 0 Å². The SMILES string of the molecule is C=C[C@@]12CN(C)[C@@H]3C[C@]14c1ccccc1N[C@@H]4[C@H]1C[C@@H]2[C@H]3CO1. The topological polar surface area (TPSA) is 24.5 Å². The van der Waals surface area contributed by atoms with Crippen LogP contribution >= 0.6 is 0 Å². The molecule has 5 fully saturated rings. The van der Waals surface area contributed by atoms with E-state index in [2.05, 4.69) is 54.2 Å². The molecule has 1 aromatic carbocycles. The summed E-state index contributed by atoms with van der Waals surface area (Å²) in [5, 5.41) is 3.88. The fourth-order valence-corrected chi connectivity index (χ4v) is 7.36. The highest BCUT2D eigenvalue weighted by Crippen LogP contribution is 2.71. The molecule has 23 heavy (non-hydrogen) atoms. The van der Waals surface area contributed by atoms with Crippen molar-refractivity contribution in [2.24, 2.45) is 17.3 Å². The fourth-order valence-electron chi connectivity index (χ4n) is 7.36. The zero-order valence-electron chi connectivity index (χ0n) is 13.7. The average molecular weight is 308 g/mol. The van der Waals surface area contributed by atoms with Gasteiger partial charge in [0.05, 0.1) is 18.8 Å². The van der Waals surface area contributed by atoms with Gasteiger partial charge in [0, 0.05) is 35.0 Å². The van der Waals surface area contributed by atoms with Crippen molar-refractivity contribution in [3.05, 3.63) is 42.5 Å². The van der Waals surface area contributed by atoms with Crippen LogP contribution in [-0.2, 0) is 10.2 Å². The standard InChI is InChI=1S/C20H24N2O/c1-3-19-11-22(2)16-9-20(19)13-6-4-5-7-15(13)21-18(20)17-8-14(19)12(16)10-23-17/h3-7,12,14,16-18,21H,1,8-11H2,2H3/t12-,14-,16-,17-,18-,19+,20-/m1/s1. The molecule has 2 aliphatic carbocycles. The highest BCUT2D eigenvalue weighted by atomic mass is 16.5. The van der Waals surface area contributed by atoms with E-state index in [9.17, 15) is 0 Å². The van der Waals surface area contributed by atoms with Gasteiger partial charge in [0.25, 0.3) is 0 Å². The lowest BCUT2D eigenvalue weighted by atomic mass is 9.37. The second-order valence-electron chi connectivity index (χ2n) is 8.45. The van der Waals surface area contributed by atoms with Gasteiger partial charge in [-0.15, -0.1) is 6.58 Å². The van der Waals surface area contributed by atoms with Gasteiger partial charge in [-0.1, -0.05) is 24.3 Å². The van der Waals surface area contributed by atoms with Crippen LogP contribution in [-0.4, -0.2) is 43.3 Å². The Morgan fingerprint density at radius 1 is 1.39 bits per heavy atom. The number of hydrogen-bond acceptors (Lipinski definition) is 3. The van der Waals surface area contributed by atoms with Crippen molar-refractivity contribution in [2.75, 3.05) is 25.5 Å². The Hall–Kier alpha value is -1.32. The molecule has 0 amide bonds. The van der Waals surface area contributed by atoms with E-state index in [4.69, 9.17) is 4.74 Å². The van der Waals surface area contributed by atoms with Crippen LogP contribution in [0.4, 0.5) is 5.69 Å². The summed E-state index contributed by atoms with van der Waals surface area (Å²) in [6.07, 6.45) is 5.16. The van der Waals surface area contributed by atoms with Crippen molar-refractivity contribution in [1.82, 2.24) is 4.90 Å². The molecule has 7 rings (SSSR count). The molecular weight excluding hydrogens is 284 g/mol. The van der Waals surface area contributed by atoms with Crippen LogP contribution in [0.15, 0.2) is 36.9 Å². The molecule has 0 unspecified atom stereocenters. The van der Waals surface area contributed by atoms with Crippen LogP contribution in [0.3, 0.4) is 0 Å². The van der Waals surface area contributed by atoms with Crippen molar-refractivity contribution in [2.45, 2.75) is 36.4 Å². The largest absolute Gasteiger partial charge is 0.379 e. The van der Waals surface area contributed by atoms with Crippen LogP contribution in [0.25, 0.3) is 0 Å². The van der Waals surface area contributed by atoms with Crippen molar-refractivity contribution >= 4 is 5.69 Å². The van der Waals surface area contributed by atoms with Gasteiger partial charge in [-0.2, -0.15) is 0 Å². The summed E-state index contributed by atoms with van der Waals surface area (Å²) >= 11 is 0. The van der Waals surface area contributed by atoms with E-state index < -0.39 is 0 Å². The third-order valence-electron chi connectivity index (χ3n) is 8.09. The Morgan fingerprint density at radius 3 is 3.13 bits per heavy atom. The Kier molecular flexibility index (Phi) is 2.17. The lowest BCUT2D eigenvalue weighted by Crippen LogP contribution is -2.80. The summed E-state index contributed by atoms with van der Waals surface area (Å²) in [5.41, 5.74) is 3.22. The number of benzene rings is 1. The number of ether oxygens (including phenoxy) is 1. The summed E-state index contributed by atoms with van der Waals surface area (Å²) in [4.78, 5) is 2.60. The molecule has 7 atom stereocenters. The molecule has 3 nitrogen and oxygen atoms in total. The zero-order chi connectivity index (χ0) is 15.4. The van der Waals surface area contributed by atoms with E-state index in [1.807, 2.05) is 0 Å². The van der Waals surface area contributed by atoms with Crippen molar-refractivity contribution in [1.29, 1.82) is 0 Å². The summed E-state index contributed by atoms with van der Waals surface area (Å²) in [5.74, 6) is 1.42. The van der Waals surface area contributed by atoms with Crippen LogP contribution < -0.4 is 5.32 Å². The van der Waals surface area contributed by atoms with Gasteiger partial charge < -0.3 is 15.0 Å². The maximum Gasteiger partial charge on any atom is 0.0788 e. The molecule has 0 radical (unpaired) electrons. The minimum Gasteiger partial charge on any atom is -0.379 e. The Labute approximate surface area is 137 Å². The van der Waals surface area contributed by atoms with E-state index >= 15 is 0 Å². The second kappa shape index (κ2) is 3.84. The Balaban J connectivity index is 1.68. The third kappa shape index (κ3) is 1.17. The van der Waals surface area contributed by atoms with Gasteiger partial charge in [-0.25, -0.2) is 0 Å². The van der Waals surface area contributed by atoms with E-state index in [0.717, 1.165) is 19.1 Å². The number of para-hydroxylation sites is 1. The summed E-state index contributed by atoms with van der Waals surface area (Å²) < 4.78 is 6.39. The molecule has 2 saturated carbocycles. The normalized spacial score (nSPS) is 52.0. The smallest absolute Gasteiger partial charge is 0.0788 e. The predicted molar refractivity (Wildman–Crippen MR) is 90.5 cm³/mol. The molecule has 4 aliphatic heterocycles. The van der Waals surface area contributed by atoms with Gasteiger partial charge in [-0.3, -0.25) is 0 Å². The molecule has 1 spiro atoms. The number of hydrogen-bond donors (Lipinski definition) is 1. The fraction of sp³-hybridized carbons (Fsp3) is 0.600. The van der Waals surface area contributed by atoms with Crippen LogP contribution in [0.1, 0.15) is 18.4 Å². The quantitative estimate of drug-likeness (QED) is 0.807. The van der Waals surface area contributed by atoms with Crippen molar-refractivity contribution < 1.29 is 4.74 Å². The van der Waals surface area contributed by atoms with Gasteiger partial charge in [0.15, 0.2) is 0 Å². The van der Waals surface area contributed by atoms with Gasteiger partial charge in [0.2, 0.25) is 0 Å². The maximum atomic E-state index is 6.39. The van der Waals surface area contributed by atoms with Gasteiger partial charge >= 0.3 is 0 Å². The van der Waals surface area contributed by atoms with Crippen LogP contribution in [0.5, 0.6) is 0 Å². The molecule has 3 saturated heterocycles. The molecule has 120 valence electrons. The number of rotatable bonds is 1. The second-order valence-corrected chi connectivity index (χ2v) is 8.45. The molecule has 5 bridgehead atoms. The van der Waals surface area contributed by atoms with Crippen LogP contribution in [0, 0.1) is 17.3 Å². The number of piperidine rings is 2. The molecule has 4 heterocycles. The minimum atomic E-state index is 0.174. The van der Waals surface area contributed by atoms with Crippen LogP contribution in [0.2, 0.25) is 0 Å². The molecular formula is C20H24N2O. The highest BCUT2D eigenvalue weighted by molar-refractivity contribution is 5.66. The van der Waals surface area contributed by atoms with Crippen molar-refractivity contribution in [3.63, 3.8) is 0 Å². The lowest BCUT2D eigenvalue weighted by molar-refractivity contribution is -0.240. The average Bonchev–Trinajstić information content (AvgIpc) is 2.90. The van der Waals surface area contributed by atoms with Crippen molar-refractivity contribution in [3.8, 4) is 0 Å². The molecule has 6 aliphatic rings. The number of anilines is 1. The van der Waals surface area contributed by atoms with Gasteiger partial charge in [-0.05, 0) is 37.4 Å². The summed E-state index contributed by atoms with van der Waals surface area (Å²) in [7, 11) is 2.31. The Morgan fingerprint density at radius 2 is 2.26 bits per heavy atom. The maximum absolute atomic E-state index is 6.39. The minimum absolute atomic E-state index is 0.174. The molecule has 3 heteroatoms. The monoisotopic (exact) mass is 308 g/mol. The number of nitrogens with one attached hydrogen (secondary N) is 1. The first-order valence-electron chi connectivity index (χ1n) is 9.03.